The maximum absolute atomic E-state index is 12.5. The molecule has 2 N–H and O–H groups in total. The molecule has 0 fully saturated rings. The van der Waals surface area contributed by atoms with Crippen molar-refractivity contribution in [3.8, 4) is 0 Å². The van der Waals surface area contributed by atoms with Crippen molar-refractivity contribution in [2.24, 2.45) is 0 Å². The zero-order valence-electron chi connectivity index (χ0n) is 12.6. The molecule has 22 heavy (non-hydrogen) atoms. The van der Waals surface area contributed by atoms with Crippen molar-refractivity contribution in [2.45, 2.75) is 30.0 Å². The van der Waals surface area contributed by atoms with Gasteiger partial charge in [-0.3, -0.25) is 4.79 Å². The van der Waals surface area contributed by atoms with Crippen LogP contribution in [0.3, 0.4) is 0 Å². The number of anilines is 1. The number of hydrogen-bond acceptors (Lipinski definition) is 3. The zero-order chi connectivity index (χ0) is 15.4. The molecule has 2 aromatic rings. The fourth-order valence-electron chi connectivity index (χ4n) is 2.58. The highest BCUT2D eigenvalue weighted by molar-refractivity contribution is 8.01. The summed E-state index contributed by atoms with van der Waals surface area (Å²) >= 11 is 1.66. The van der Waals surface area contributed by atoms with Gasteiger partial charge in [-0.05, 0) is 42.3 Å². The molecule has 1 aliphatic heterocycles. The van der Waals surface area contributed by atoms with E-state index >= 15 is 0 Å². The third kappa shape index (κ3) is 3.51. The highest BCUT2D eigenvalue weighted by Crippen LogP contribution is 2.37. The molecular formula is C18H20N2OS. The van der Waals surface area contributed by atoms with Crippen LogP contribution in [0.1, 0.15) is 18.1 Å². The maximum Gasteiger partial charge on any atom is 0.238 e. The SMILES string of the molecule is CCNCc1cccc(NC(=O)C2Cc3ccccc3S2)c1. The lowest BCUT2D eigenvalue weighted by atomic mass is 10.1. The molecule has 0 saturated carbocycles. The van der Waals surface area contributed by atoms with Crippen molar-refractivity contribution in [3.05, 3.63) is 59.7 Å². The van der Waals surface area contributed by atoms with Gasteiger partial charge in [0.05, 0.1) is 5.25 Å². The summed E-state index contributed by atoms with van der Waals surface area (Å²) in [7, 11) is 0. The summed E-state index contributed by atoms with van der Waals surface area (Å²) in [4.78, 5) is 13.7. The van der Waals surface area contributed by atoms with Gasteiger partial charge in [0.1, 0.15) is 0 Å². The van der Waals surface area contributed by atoms with E-state index in [1.165, 1.54) is 16.0 Å². The first-order valence-corrected chi connectivity index (χ1v) is 8.49. The van der Waals surface area contributed by atoms with Crippen LogP contribution >= 0.6 is 11.8 Å². The fraction of sp³-hybridized carbons (Fsp3) is 0.278. The standard InChI is InChI=1S/C18H20N2OS/c1-2-19-12-13-6-5-8-15(10-13)20-18(21)17-11-14-7-3-4-9-16(14)22-17/h3-10,17,19H,2,11-12H2,1H3,(H,20,21). The lowest BCUT2D eigenvalue weighted by molar-refractivity contribution is -0.115. The lowest BCUT2D eigenvalue weighted by Gasteiger charge is -2.11. The summed E-state index contributed by atoms with van der Waals surface area (Å²) in [5.74, 6) is 0.0850. The Morgan fingerprint density at radius 3 is 2.91 bits per heavy atom. The number of hydrogen-bond donors (Lipinski definition) is 2. The third-order valence-electron chi connectivity index (χ3n) is 3.71. The molecule has 1 atom stereocenters. The van der Waals surface area contributed by atoms with Crippen LogP contribution in [0.2, 0.25) is 0 Å². The highest BCUT2D eigenvalue weighted by atomic mass is 32.2. The van der Waals surface area contributed by atoms with E-state index in [1.54, 1.807) is 11.8 Å². The number of carbonyl (C=O) groups is 1. The van der Waals surface area contributed by atoms with Crippen molar-refractivity contribution in [1.82, 2.24) is 5.32 Å². The van der Waals surface area contributed by atoms with Crippen LogP contribution in [0, 0.1) is 0 Å². The number of fused-ring (bicyclic) bond motifs is 1. The Hall–Kier alpha value is -1.78. The first-order valence-electron chi connectivity index (χ1n) is 7.61. The van der Waals surface area contributed by atoms with E-state index in [9.17, 15) is 4.79 Å². The molecular weight excluding hydrogens is 292 g/mol. The number of benzene rings is 2. The van der Waals surface area contributed by atoms with Crippen LogP contribution in [0.15, 0.2) is 53.4 Å². The van der Waals surface area contributed by atoms with Gasteiger partial charge in [-0.1, -0.05) is 37.3 Å². The Morgan fingerprint density at radius 1 is 1.23 bits per heavy atom. The largest absolute Gasteiger partial charge is 0.325 e. The molecule has 0 spiro atoms. The molecule has 2 aromatic carbocycles. The summed E-state index contributed by atoms with van der Waals surface area (Å²) in [5.41, 5.74) is 3.33. The molecule has 3 rings (SSSR count). The summed E-state index contributed by atoms with van der Waals surface area (Å²) in [5, 5.41) is 6.31. The molecule has 1 aliphatic rings. The Labute approximate surface area is 135 Å². The van der Waals surface area contributed by atoms with Crippen LogP contribution in [-0.4, -0.2) is 17.7 Å². The van der Waals surface area contributed by atoms with E-state index < -0.39 is 0 Å². The Kier molecular flexibility index (Phi) is 4.80. The molecule has 1 heterocycles. The van der Waals surface area contributed by atoms with Gasteiger partial charge in [0.15, 0.2) is 0 Å². The average Bonchev–Trinajstić information content (AvgIpc) is 2.97. The Morgan fingerprint density at radius 2 is 2.09 bits per heavy atom. The fourth-order valence-corrected chi connectivity index (χ4v) is 3.77. The number of carbonyl (C=O) groups excluding carboxylic acids is 1. The minimum atomic E-state index is -0.0326. The van der Waals surface area contributed by atoms with Gasteiger partial charge in [-0.25, -0.2) is 0 Å². The van der Waals surface area contributed by atoms with Crippen LogP contribution in [-0.2, 0) is 17.8 Å². The van der Waals surface area contributed by atoms with Gasteiger partial charge in [0.2, 0.25) is 5.91 Å². The molecule has 114 valence electrons. The van der Waals surface area contributed by atoms with Gasteiger partial charge >= 0.3 is 0 Å². The van der Waals surface area contributed by atoms with E-state index in [2.05, 4.69) is 35.8 Å². The van der Waals surface area contributed by atoms with E-state index in [-0.39, 0.29) is 11.2 Å². The summed E-state index contributed by atoms with van der Waals surface area (Å²) in [6, 6.07) is 16.3. The van der Waals surface area contributed by atoms with Crippen LogP contribution in [0.5, 0.6) is 0 Å². The second kappa shape index (κ2) is 6.99. The van der Waals surface area contributed by atoms with E-state index in [1.807, 2.05) is 30.3 Å². The van der Waals surface area contributed by atoms with Crippen LogP contribution < -0.4 is 10.6 Å². The summed E-state index contributed by atoms with van der Waals surface area (Å²) in [6.07, 6.45) is 0.809. The number of thioether (sulfide) groups is 1. The molecule has 3 nitrogen and oxygen atoms in total. The van der Waals surface area contributed by atoms with Crippen molar-refractivity contribution in [3.63, 3.8) is 0 Å². The molecule has 0 aromatic heterocycles. The van der Waals surface area contributed by atoms with Gasteiger partial charge < -0.3 is 10.6 Å². The van der Waals surface area contributed by atoms with Crippen molar-refractivity contribution in [1.29, 1.82) is 0 Å². The lowest BCUT2D eigenvalue weighted by Crippen LogP contribution is -2.24. The van der Waals surface area contributed by atoms with Crippen molar-refractivity contribution in [2.75, 3.05) is 11.9 Å². The monoisotopic (exact) mass is 312 g/mol. The average molecular weight is 312 g/mol. The molecule has 0 saturated heterocycles. The first kappa shape index (κ1) is 15.1. The molecule has 1 unspecified atom stereocenters. The normalized spacial score (nSPS) is 16.3. The molecule has 0 aliphatic carbocycles. The Bertz CT molecular complexity index is 647. The third-order valence-corrected chi connectivity index (χ3v) is 5.03. The predicted octanol–water partition coefficient (Wildman–Crippen LogP) is 3.45. The highest BCUT2D eigenvalue weighted by Gasteiger charge is 2.27. The van der Waals surface area contributed by atoms with Crippen LogP contribution in [0.25, 0.3) is 0 Å². The van der Waals surface area contributed by atoms with Crippen molar-refractivity contribution >= 4 is 23.4 Å². The number of amides is 1. The molecule has 0 radical (unpaired) electrons. The van der Waals surface area contributed by atoms with Gasteiger partial charge in [-0.2, -0.15) is 0 Å². The van der Waals surface area contributed by atoms with E-state index in [4.69, 9.17) is 0 Å². The summed E-state index contributed by atoms with van der Waals surface area (Å²) < 4.78 is 0. The second-order valence-corrected chi connectivity index (χ2v) is 6.63. The number of rotatable bonds is 5. The topological polar surface area (TPSA) is 41.1 Å². The van der Waals surface area contributed by atoms with E-state index in [0.29, 0.717) is 0 Å². The van der Waals surface area contributed by atoms with Gasteiger partial charge in [-0.15, -0.1) is 11.8 Å². The van der Waals surface area contributed by atoms with Crippen LogP contribution in [0.4, 0.5) is 5.69 Å². The minimum Gasteiger partial charge on any atom is -0.325 e. The quantitative estimate of drug-likeness (QED) is 0.888. The molecule has 4 heteroatoms. The minimum absolute atomic E-state index is 0.0326. The molecule has 1 amide bonds. The predicted molar refractivity (Wildman–Crippen MR) is 92.2 cm³/mol. The van der Waals surface area contributed by atoms with Gasteiger partial charge in [0.25, 0.3) is 0 Å². The molecule has 0 bridgehead atoms. The first-order chi connectivity index (χ1) is 10.8. The number of nitrogens with one attached hydrogen (secondary N) is 2. The summed E-state index contributed by atoms with van der Waals surface area (Å²) in [6.45, 7) is 3.85. The maximum atomic E-state index is 12.5. The smallest absolute Gasteiger partial charge is 0.238 e. The van der Waals surface area contributed by atoms with Gasteiger partial charge in [0, 0.05) is 17.1 Å². The van der Waals surface area contributed by atoms with Crippen molar-refractivity contribution < 1.29 is 4.79 Å². The Balaban J connectivity index is 1.63. The van der Waals surface area contributed by atoms with E-state index in [0.717, 1.165) is 25.2 Å². The zero-order valence-corrected chi connectivity index (χ0v) is 13.5. The second-order valence-electron chi connectivity index (χ2n) is 5.39.